The van der Waals surface area contributed by atoms with Gasteiger partial charge in [0.2, 0.25) is 0 Å². The minimum absolute atomic E-state index is 0.619. The molecular formula is C12H22N3O3+. The van der Waals surface area contributed by atoms with E-state index >= 15 is 0 Å². The van der Waals surface area contributed by atoms with Crippen LogP contribution < -0.4 is 20.4 Å². The normalized spacial score (nSPS) is 10.4. The molecule has 0 aliphatic carbocycles. The van der Waals surface area contributed by atoms with Crippen LogP contribution in [0.3, 0.4) is 0 Å². The third-order valence-electron chi connectivity index (χ3n) is 2.60. The first-order valence-electron chi connectivity index (χ1n) is 5.81. The summed E-state index contributed by atoms with van der Waals surface area (Å²) in [5.74, 6) is 1.49. The molecule has 1 aromatic rings. The Balaban J connectivity index is 2.87. The van der Waals surface area contributed by atoms with Crippen LogP contribution in [-0.4, -0.2) is 47.6 Å². The lowest BCUT2D eigenvalue weighted by Gasteiger charge is -2.17. The highest BCUT2D eigenvalue weighted by atomic mass is 16.5. The van der Waals surface area contributed by atoms with E-state index in [0.29, 0.717) is 24.8 Å². The van der Waals surface area contributed by atoms with E-state index in [0.717, 1.165) is 18.9 Å². The summed E-state index contributed by atoms with van der Waals surface area (Å²) in [5.41, 5.74) is 6.65. The molecule has 102 valence electrons. The number of pyridine rings is 1. The van der Waals surface area contributed by atoms with Crippen LogP contribution in [0.2, 0.25) is 0 Å². The summed E-state index contributed by atoms with van der Waals surface area (Å²) in [4.78, 5) is 5.22. The average molecular weight is 256 g/mol. The zero-order chi connectivity index (χ0) is 13.4. The van der Waals surface area contributed by atoms with Gasteiger partial charge in [-0.15, -0.1) is 0 Å². The fraction of sp³-hybridized carbons (Fsp3) is 0.583. The smallest absolute Gasteiger partial charge is 0.300 e. The molecule has 0 aromatic carbocycles. The number of ether oxygens (including phenoxy) is 3. The van der Waals surface area contributed by atoms with Crippen molar-refractivity contribution in [1.82, 2.24) is 0 Å². The number of H-pyrrole nitrogens is 1. The lowest BCUT2D eigenvalue weighted by atomic mass is 10.3. The van der Waals surface area contributed by atoms with Crippen LogP contribution in [0.15, 0.2) is 12.1 Å². The van der Waals surface area contributed by atoms with Crippen LogP contribution in [0, 0.1) is 0 Å². The van der Waals surface area contributed by atoms with Crippen molar-refractivity contribution < 1.29 is 19.2 Å². The molecule has 0 saturated carbocycles. The topological polar surface area (TPSA) is 71.1 Å². The van der Waals surface area contributed by atoms with E-state index in [2.05, 4.69) is 9.88 Å². The predicted molar refractivity (Wildman–Crippen MR) is 69.9 cm³/mol. The van der Waals surface area contributed by atoms with Gasteiger partial charge in [0.25, 0.3) is 5.88 Å². The molecule has 1 aromatic heterocycles. The van der Waals surface area contributed by atoms with Crippen molar-refractivity contribution in [3.8, 4) is 5.88 Å². The maximum atomic E-state index is 5.98. The van der Waals surface area contributed by atoms with Gasteiger partial charge in [0.05, 0.1) is 20.3 Å². The van der Waals surface area contributed by atoms with Gasteiger partial charge in [-0.1, -0.05) is 0 Å². The van der Waals surface area contributed by atoms with Gasteiger partial charge in [-0.3, -0.25) is 4.90 Å². The molecule has 0 amide bonds. The van der Waals surface area contributed by atoms with Crippen molar-refractivity contribution in [3.05, 3.63) is 12.1 Å². The van der Waals surface area contributed by atoms with Gasteiger partial charge in [-0.2, -0.15) is 0 Å². The molecule has 1 rings (SSSR count). The van der Waals surface area contributed by atoms with E-state index in [1.54, 1.807) is 27.4 Å². The maximum absolute atomic E-state index is 5.98. The summed E-state index contributed by atoms with van der Waals surface area (Å²) in [5, 5.41) is 0. The summed E-state index contributed by atoms with van der Waals surface area (Å²) in [6.07, 6.45) is 0. The number of methoxy groups -OCH3 is 3. The maximum Gasteiger partial charge on any atom is 0.300 e. The first-order valence-corrected chi connectivity index (χ1v) is 5.81. The van der Waals surface area contributed by atoms with Gasteiger partial charge in [0, 0.05) is 20.3 Å². The Hall–Kier alpha value is -1.53. The number of anilines is 2. The fourth-order valence-corrected chi connectivity index (χ4v) is 1.59. The lowest BCUT2D eigenvalue weighted by molar-refractivity contribution is -0.379. The molecule has 18 heavy (non-hydrogen) atoms. The first-order chi connectivity index (χ1) is 8.72. The van der Waals surface area contributed by atoms with E-state index in [-0.39, 0.29) is 0 Å². The number of nitrogens with zero attached hydrogens (tertiary/aromatic N) is 1. The molecule has 0 fully saturated rings. The summed E-state index contributed by atoms with van der Waals surface area (Å²) in [6.45, 7) is 2.70. The zero-order valence-corrected chi connectivity index (χ0v) is 11.2. The van der Waals surface area contributed by atoms with E-state index in [1.165, 1.54) is 0 Å². The van der Waals surface area contributed by atoms with Crippen LogP contribution in [0.1, 0.15) is 0 Å². The molecule has 0 atom stereocenters. The monoisotopic (exact) mass is 256 g/mol. The second-order valence-corrected chi connectivity index (χ2v) is 3.80. The number of nitrogens with one attached hydrogen (secondary N) is 1. The summed E-state index contributed by atoms with van der Waals surface area (Å²) in [7, 11) is 4.96. The van der Waals surface area contributed by atoms with Crippen molar-refractivity contribution in [2.24, 2.45) is 0 Å². The number of hydrogen-bond donors (Lipinski definition) is 1. The highest BCUT2D eigenvalue weighted by Gasteiger charge is 2.19. The van der Waals surface area contributed by atoms with E-state index in [9.17, 15) is 0 Å². The van der Waals surface area contributed by atoms with Gasteiger partial charge in [0.1, 0.15) is 18.8 Å². The molecule has 6 heteroatoms. The molecule has 0 bridgehead atoms. The molecule has 0 spiro atoms. The number of aromatic amines is 1. The van der Waals surface area contributed by atoms with Crippen molar-refractivity contribution in [2.45, 2.75) is 0 Å². The first kappa shape index (κ1) is 14.5. The molecule has 0 unspecified atom stereocenters. The average Bonchev–Trinajstić information content (AvgIpc) is 2.40. The lowest BCUT2D eigenvalue weighted by Crippen LogP contribution is -2.36. The molecular weight excluding hydrogens is 234 g/mol. The highest BCUT2D eigenvalue weighted by Crippen LogP contribution is 2.19. The number of nitrogen functional groups attached to an aromatic ring is 1. The minimum atomic E-state index is 0.619. The standard InChI is InChI=1S/C12H21N3O3/c1-16-8-6-15(7-9-17-2)12-10(13)4-5-11(14-12)18-3/h4-5H,6-9,13H2,1-3H3/p+1. The van der Waals surface area contributed by atoms with Crippen LogP contribution in [0.25, 0.3) is 0 Å². The van der Waals surface area contributed by atoms with Crippen molar-refractivity contribution in [2.75, 3.05) is 58.3 Å². The molecule has 0 aliphatic heterocycles. The zero-order valence-electron chi connectivity index (χ0n) is 11.2. The quantitative estimate of drug-likeness (QED) is 0.719. The van der Waals surface area contributed by atoms with Crippen molar-refractivity contribution >= 4 is 11.5 Å². The Morgan fingerprint density at radius 1 is 1.11 bits per heavy atom. The Labute approximate surface area is 108 Å². The number of hydrogen-bond acceptors (Lipinski definition) is 5. The molecule has 0 saturated heterocycles. The van der Waals surface area contributed by atoms with E-state index in [1.807, 2.05) is 6.07 Å². The molecule has 0 aliphatic rings. The van der Waals surface area contributed by atoms with Crippen molar-refractivity contribution in [1.29, 1.82) is 0 Å². The van der Waals surface area contributed by atoms with E-state index < -0.39 is 0 Å². The third-order valence-corrected chi connectivity index (χ3v) is 2.60. The van der Waals surface area contributed by atoms with Crippen molar-refractivity contribution in [3.63, 3.8) is 0 Å². The van der Waals surface area contributed by atoms with Crippen LogP contribution in [0.4, 0.5) is 11.5 Å². The largest absolute Gasteiger partial charge is 0.466 e. The van der Waals surface area contributed by atoms with Gasteiger partial charge in [0.15, 0.2) is 0 Å². The molecule has 6 nitrogen and oxygen atoms in total. The fourth-order valence-electron chi connectivity index (χ4n) is 1.59. The Kier molecular flexibility index (Phi) is 6.24. The second kappa shape index (κ2) is 7.73. The van der Waals surface area contributed by atoms with Gasteiger partial charge in [-0.25, -0.2) is 4.98 Å². The van der Waals surface area contributed by atoms with E-state index in [4.69, 9.17) is 19.9 Å². The summed E-state index contributed by atoms with van der Waals surface area (Å²) < 4.78 is 15.4. The highest BCUT2D eigenvalue weighted by molar-refractivity contribution is 5.59. The van der Waals surface area contributed by atoms with Crippen LogP contribution >= 0.6 is 0 Å². The van der Waals surface area contributed by atoms with Gasteiger partial charge < -0.3 is 19.9 Å². The molecule has 3 N–H and O–H groups in total. The SMILES string of the molecule is COCCN(CCOC)c1[nH+]c(OC)ccc1N. The van der Waals surface area contributed by atoms with Gasteiger partial charge >= 0.3 is 5.82 Å². The Bertz CT molecular complexity index is 352. The number of aromatic nitrogens is 1. The molecule has 1 heterocycles. The summed E-state index contributed by atoms with van der Waals surface area (Å²) >= 11 is 0. The third kappa shape index (κ3) is 4.05. The minimum Gasteiger partial charge on any atom is -0.466 e. The van der Waals surface area contributed by atoms with Gasteiger partial charge in [-0.05, 0) is 6.07 Å². The molecule has 0 radical (unpaired) electrons. The summed E-state index contributed by atoms with van der Waals surface area (Å²) in [6, 6.07) is 3.61. The van der Waals surface area contributed by atoms with Crippen LogP contribution in [0.5, 0.6) is 5.88 Å². The Morgan fingerprint density at radius 3 is 2.22 bits per heavy atom. The number of nitrogens with two attached hydrogens (primary N) is 1. The second-order valence-electron chi connectivity index (χ2n) is 3.80. The van der Waals surface area contributed by atoms with Crippen LogP contribution in [-0.2, 0) is 9.47 Å². The predicted octanol–water partition coefficient (Wildman–Crippen LogP) is 0.191. The number of rotatable bonds is 8. The Morgan fingerprint density at radius 2 is 1.72 bits per heavy atom.